The molecule has 0 aromatic heterocycles. The van der Waals surface area contributed by atoms with E-state index in [0.717, 1.165) is 15.7 Å². The molecule has 5 heteroatoms. The predicted octanol–water partition coefficient (Wildman–Crippen LogP) is 3.95. The first-order valence-electron chi connectivity index (χ1n) is 6.10. The number of benzene rings is 2. The molecule has 0 bridgehead atoms. The average molecular weight is 337 g/mol. The number of nitrogens with one attached hydrogen (secondary N) is 2. The lowest BCUT2D eigenvalue weighted by molar-refractivity contribution is -0.114. The highest BCUT2D eigenvalue weighted by molar-refractivity contribution is 9.10. The predicted molar refractivity (Wildman–Crippen MR) is 82.4 cm³/mol. The van der Waals surface area contributed by atoms with E-state index < -0.39 is 0 Å². The zero-order chi connectivity index (χ0) is 14.5. The van der Waals surface area contributed by atoms with Crippen LogP contribution in [0, 0.1) is 12.7 Å². The van der Waals surface area contributed by atoms with Crippen molar-refractivity contribution in [1.82, 2.24) is 0 Å². The molecule has 2 aromatic rings. The van der Waals surface area contributed by atoms with E-state index in [1.165, 1.54) is 12.1 Å². The van der Waals surface area contributed by atoms with Gasteiger partial charge in [0, 0.05) is 15.8 Å². The Morgan fingerprint density at radius 1 is 1.25 bits per heavy atom. The van der Waals surface area contributed by atoms with Gasteiger partial charge in [-0.15, -0.1) is 0 Å². The van der Waals surface area contributed by atoms with Gasteiger partial charge in [0.1, 0.15) is 5.82 Å². The van der Waals surface area contributed by atoms with E-state index in [1.54, 1.807) is 12.1 Å². The minimum absolute atomic E-state index is 0.0823. The summed E-state index contributed by atoms with van der Waals surface area (Å²) < 4.78 is 13.9. The second-order valence-electron chi connectivity index (χ2n) is 4.37. The Labute approximate surface area is 125 Å². The maximum absolute atomic E-state index is 13.0. The lowest BCUT2D eigenvalue weighted by Gasteiger charge is -2.10. The first kappa shape index (κ1) is 14.5. The molecule has 0 radical (unpaired) electrons. The fourth-order valence-corrected chi connectivity index (χ4v) is 2.22. The zero-order valence-electron chi connectivity index (χ0n) is 10.9. The van der Waals surface area contributed by atoms with Crippen LogP contribution >= 0.6 is 15.9 Å². The maximum Gasteiger partial charge on any atom is 0.243 e. The Balaban J connectivity index is 1.92. The highest BCUT2D eigenvalue weighted by atomic mass is 79.9. The van der Waals surface area contributed by atoms with Crippen molar-refractivity contribution in [3.63, 3.8) is 0 Å². The fraction of sp³-hybridized carbons (Fsp3) is 0.133. The number of aryl methyl sites for hydroxylation is 1. The Hall–Kier alpha value is -1.88. The molecule has 1 amide bonds. The van der Waals surface area contributed by atoms with Gasteiger partial charge in [0.05, 0.1) is 6.54 Å². The Kier molecular flexibility index (Phi) is 4.74. The van der Waals surface area contributed by atoms with E-state index >= 15 is 0 Å². The van der Waals surface area contributed by atoms with Gasteiger partial charge in [0.2, 0.25) is 5.91 Å². The SMILES string of the molecule is Cc1cc(Br)ccc1NC(=O)CNc1cccc(F)c1. The minimum atomic E-state index is -0.334. The summed E-state index contributed by atoms with van der Waals surface area (Å²) in [6, 6.07) is 11.6. The highest BCUT2D eigenvalue weighted by Crippen LogP contribution is 2.19. The van der Waals surface area contributed by atoms with Gasteiger partial charge in [0.25, 0.3) is 0 Å². The molecule has 0 heterocycles. The van der Waals surface area contributed by atoms with Crippen LogP contribution < -0.4 is 10.6 Å². The van der Waals surface area contributed by atoms with Gasteiger partial charge in [-0.2, -0.15) is 0 Å². The third-order valence-electron chi connectivity index (χ3n) is 2.74. The highest BCUT2D eigenvalue weighted by Gasteiger charge is 2.05. The lowest BCUT2D eigenvalue weighted by atomic mass is 10.2. The number of amides is 1. The van der Waals surface area contributed by atoms with Crippen molar-refractivity contribution in [2.24, 2.45) is 0 Å². The van der Waals surface area contributed by atoms with E-state index in [0.29, 0.717) is 5.69 Å². The molecule has 2 aromatic carbocycles. The Bertz CT molecular complexity index is 631. The van der Waals surface area contributed by atoms with Gasteiger partial charge < -0.3 is 10.6 Å². The first-order chi connectivity index (χ1) is 9.54. The first-order valence-corrected chi connectivity index (χ1v) is 6.89. The van der Waals surface area contributed by atoms with Gasteiger partial charge in [-0.25, -0.2) is 4.39 Å². The number of hydrogen-bond donors (Lipinski definition) is 2. The summed E-state index contributed by atoms with van der Waals surface area (Å²) in [5.41, 5.74) is 2.31. The molecule has 2 N–H and O–H groups in total. The summed E-state index contributed by atoms with van der Waals surface area (Å²) in [6.45, 7) is 2.00. The van der Waals surface area contributed by atoms with Gasteiger partial charge >= 0.3 is 0 Å². The zero-order valence-corrected chi connectivity index (χ0v) is 12.5. The normalized spacial score (nSPS) is 10.2. The Morgan fingerprint density at radius 3 is 2.75 bits per heavy atom. The van der Waals surface area contributed by atoms with Crippen LogP contribution in [0.5, 0.6) is 0 Å². The lowest BCUT2D eigenvalue weighted by Crippen LogP contribution is -2.22. The van der Waals surface area contributed by atoms with Crippen LogP contribution in [0.4, 0.5) is 15.8 Å². The second kappa shape index (κ2) is 6.52. The average Bonchev–Trinajstić information content (AvgIpc) is 2.40. The standard InChI is InChI=1S/C15H14BrFN2O/c1-10-7-11(16)5-6-14(10)19-15(20)9-18-13-4-2-3-12(17)8-13/h2-8,18H,9H2,1H3,(H,19,20). The smallest absolute Gasteiger partial charge is 0.243 e. The van der Waals surface area contributed by atoms with Gasteiger partial charge in [-0.3, -0.25) is 4.79 Å². The van der Waals surface area contributed by atoms with Crippen LogP contribution in [0.3, 0.4) is 0 Å². The van der Waals surface area contributed by atoms with Crippen molar-refractivity contribution < 1.29 is 9.18 Å². The van der Waals surface area contributed by atoms with Crippen LogP contribution in [0.2, 0.25) is 0 Å². The van der Waals surface area contributed by atoms with Crippen molar-refractivity contribution in [3.05, 3.63) is 58.3 Å². The number of rotatable bonds is 4. The van der Waals surface area contributed by atoms with Gasteiger partial charge in [0.15, 0.2) is 0 Å². The summed E-state index contributed by atoms with van der Waals surface area (Å²) >= 11 is 3.37. The molecule has 0 saturated heterocycles. The molecule has 2 rings (SSSR count). The largest absolute Gasteiger partial charge is 0.376 e. The molecule has 0 aliphatic rings. The van der Waals surface area contributed by atoms with Crippen molar-refractivity contribution in [1.29, 1.82) is 0 Å². The number of halogens is 2. The molecule has 0 saturated carbocycles. The van der Waals surface area contributed by atoms with Crippen LogP contribution in [0.1, 0.15) is 5.56 Å². The molecule has 0 unspecified atom stereocenters. The molecule has 0 spiro atoms. The van der Waals surface area contributed by atoms with Crippen molar-refractivity contribution in [3.8, 4) is 0 Å². The molecular weight excluding hydrogens is 323 g/mol. The van der Waals surface area contributed by atoms with Crippen molar-refractivity contribution >= 4 is 33.2 Å². The topological polar surface area (TPSA) is 41.1 Å². The number of anilines is 2. The summed E-state index contributed by atoms with van der Waals surface area (Å²) in [5, 5.41) is 5.68. The van der Waals surface area contributed by atoms with Crippen LogP contribution in [-0.2, 0) is 4.79 Å². The molecule has 20 heavy (non-hydrogen) atoms. The molecule has 3 nitrogen and oxygen atoms in total. The van der Waals surface area contributed by atoms with E-state index in [-0.39, 0.29) is 18.3 Å². The second-order valence-corrected chi connectivity index (χ2v) is 5.29. The quantitative estimate of drug-likeness (QED) is 0.887. The molecular formula is C15H14BrFN2O. The van der Waals surface area contributed by atoms with Crippen LogP contribution in [-0.4, -0.2) is 12.5 Å². The minimum Gasteiger partial charge on any atom is -0.376 e. The van der Waals surface area contributed by atoms with Gasteiger partial charge in [-0.05, 0) is 48.9 Å². The monoisotopic (exact) mass is 336 g/mol. The van der Waals surface area contributed by atoms with E-state index in [4.69, 9.17) is 0 Å². The molecule has 0 atom stereocenters. The van der Waals surface area contributed by atoms with Crippen molar-refractivity contribution in [2.75, 3.05) is 17.2 Å². The molecule has 0 aliphatic heterocycles. The summed E-state index contributed by atoms with van der Waals surface area (Å²) in [4.78, 5) is 11.8. The van der Waals surface area contributed by atoms with Gasteiger partial charge in [-0.1, -0.05) is 22.0 Å². The summed E-state index contributed by atoms with van der Waals surface area (Å²) in [6.07, 6.45) is 0. The maximum atomic E-state index is 13.0. The number of carbonyl (C=O) groups is 1. The van der Waals surface area contributed by atoms with E-state index in [2.05, 4.69) is 26.6 Å². The molecule has 104 valence electrons. The van der Waals surface area contributed by atoms with E-state index in [1.807, 2.05) is 25.1 Å². The van der Waals surface area contributed by atoms with Crippen molar-refractivity contribution in [2.45, 2.75) is 6.92 Å². The third-order valence-corrected chi connectivity index (χ3v) is 3.23. The Morgan fingerprint density at radius 2 is 2.05 bits per heavy atom. The van der Waals surface area contributed by atoms with Crippen LogP contribution in [0.25, 0.3) is 0 Å². The van der Waals surface area contributed by atoms with E-state index in [9.17, 15) is 9.18 Å². The fourth-order valence-electron chi connectivity index (χ4n) is 1.74. The summed E-state index contributed by atoms with van der Waals surface area (Å²) in [5.74, 6) is -0.515. The number of hydrogen-bond acceptors (Lipinski definition) is 2. The molecule has 0 aliphatic carbocycles. The van der Waals surface area contributed by atoms with Crippen LogP contribution in [0.15, 0.2) is 46.9 Å². The summed E-state index contributed by atoms with van der Waals surface area (Å²) in [7, 11) is 0. The third kappa shape index (κ3) is 4.06. The number of carbonyl (C=O) groups excluding carboxylic acids is 1. The molecule has 0 fully saturated rings.